The van der Waals surface area contributed by atoms with Crippen LogP contribution < -0.4 is 4.72 Å². The van der Waals surface area contributed by atoms with Crippen molar-refractivity contribution >= 4 is 10.2 Å². The Morgan fingerprint density at radius 2 is 2.00 bits per heavy atom. The Morgan fingerprint density at radius 1 is 1.32 bits per heavy atom. The first-order valence-electron chi connectivity index (χ1n) is 7.92. The molecule has 1 aliphatic heterocycles. The highest BCUT2D eigenvalue weighted by Crippen LogP contribution is 2.24. The molecule has 1 aromatic heterocycles. The van der Waals surface area contributed by atoms with Crippen LogP contribution in [0.2, 0.25) is 0 Å². The normalized spacial score (nSPS) is 19.0. The molecule has 0 radical (unpaired) electrons. The molecule has 0 bridgehead atoms. The van der Waals surface area contributed by atoms with Gasteiger partial charge in [-0.15, -0.1) is 0 Å². The fourth-order valence-corrected chi connectivity index (χ4v) is 3.81. The Morgan fingerprint density at radius 3 is 2.55 bits per heavy atom. The van der Waals surface area contributed by atoms with E-state index in [4.69, 9.17) is 4.42 Å². The third-order valence-electron chi connectivity index (χ3n) is 4.27. The summed E-state index contributed by atoms with van der Waals surface area (Å²) in [6.45, 7) is 5.99. The highest BCUT2D eigenvalue weighted by atomic mass is 32.2. The van der Waals surface area contributed by atoms with Gasteiger partial charge >= 0.3 is 0 Å². The van der Waals surface area contributed by atoms with E-state index in [-0.39, 0.29) is 12.1 Å². The van der Waals surface area contributed by atoms with E-state index in [9.17, 15) is 8.42 Å². The van der Waals surface area contributed by atoms with E-state index in [2.05, 4.69) is 9.62 Å². The molecule has 0 amide bonds. The van der Waals surface area contributed by atoms with Crippen molar-refractivity contribution in [3.05, 3.63) is 24.2 Å². The van der Waals surface area contributed by atoms with Crippen LogP contribution in [0.1, 0.15) is 44.9 Å². The maximum absolute atomic E-state index is 12.3. The summed E-state index contributed by atoms with van der Waals surface area (Å²) >= 11 is 0. The minimum absolute atomic E-state index is 0.0503. The first-order valence-corrected chi connectivity index (χ1v) is 9.36. The van der Waals surface area contributed by atoms with Crippen molar-refractivity contribution in [1.29, 1.82) is 0 Å². The molecule has 1 fully saturated rings. The van der Waals surface area contributed by atoms with Gasteiger partial charge in [0, 0.05) is 19.6 Å². The molecule has 1 aliphatic rings. The topological polar surface area (TPSA) is 65.8 Å². The van der Waals surface area contributed by atoms with Gasteiger partial charge in [-0.3, -0.25) is 4.90 Å². The monoisotopic (exact) mass is 329 g/mol. The molecule has 22 heavy (non-hydrogen) atoms. The zero-order valence-corrected chi connectivity index (χ0v) is 14.5. The molecule has 1 aromatic rings. The van der Waals surface area contributed by atoms with Crippen molar-refractivity contribution in [2.45, 2.75) is 45.2 Å². The van der Waals surface area contributed by atoms with Crippen LogP contribution in [0.5, 0.6) is 0 Å². The minimum Gasteiger partial charge on any atom is -0.468 e. The number of piperidine rings is 1. The molecule has 2 rings (SSSR count). The molecular weight excluding hydrogens is 302 g/mol. The van der Waals surface area contributed by atoms with Crippen molar-refractivity contribution in [1.82, 2.24) is 13.9 Å². The van der Waals surface area contributed by atoms with Gasteiger partial charge in [-0.1, -0.05) is 6.42 Å². The van der Waals surface area contributed by atoms with Crippen LogP contribution in [-0.4, -0.2) is 50.3 Å². The lowest BCUT2D eigenvalue weighted by atomic mass is 10.1. The van der Waals surface area contributed by atoms with Crippen LogP contribution in [0, 0.1) is 0 Å². The van der Waals surface area contributed by atoms with Gasteiger partial charge in [0.15, 0.2) is 0 Å². The minimum atomic E-state index is -3.47. The summed E-state index contributed by atoms with van der Waals surface area (Å²) < 4.78 is 34.2. The van der Waals surface area contributed by atoms with Gasteiger partial charge in [0.2, 0.25) is 0 Å². The highest BCUT2D eigenvalue weighted by molar-refractivity contribution is 7.87. The van der Waals surface area contributed by atoms with E-state index in [1.165, 1.54) is 10.7 Å². The summed E-state index contributed by atoms with van der Waals surface area (Å²) in [6, 6.07) is 3.64. The molecule has 0 aromatic carbocycles. The Kier molecular flexibility index (Phi) is 6.02. The van der Waals surface area contributed by atoms with Gasteiger partial charge in [-0.25, -0.2) is 4.72 Å². The number of nitrogens with zero attached hydrogens (tertiary/aromatic N) is 2. The van der Waals surface area contributed by atoms with Crippen molar-refractivity contribution < 1.29 is 12.8 Å². The molecule has 6 nitrogen and oxygen atoms in total. The van der Waals surface area contributed by atoms with Crippen molar-refractivity contribution in [2.75, 3.05) is 26.7 Å². The summed E-state index contributed by atoms with van der Waals surface area (Å²) in [5, 5.41) is 0. The number of nitrogens with one attached hydrogen (secondary N) is 1. The lowest BCUT2D eigenvalue weighted by Crippen LogP contribution is -2.46. The molecule has 0 spiro atoms. The van der Waals surface area contributed by atoms with Crippen LogP contribution in [0.25, 0.3) is 0 Å². The molecule has 126 valence electrons. The number of likely N-dealkylation sites (tertiary alicyclic amines) is 1. The second-order valence-electron chi connectivity index (χ2n) is 6.09. The molecule has 0 saturated carbocycles. The Hall–Kier alpha value is -0.890. The zero-order valence-electron chi connectivity index (χ0n) is 13.7. The van der Waals surface area contributed by atoms with Crippen LogP contribution in [0.3, 0.4) is 0 Å². The maximum atomic E-state index is 12.3. The molecule has 0 aliphatic carbocycles. The van der Waals surface area contributed by atoms with Crippen LogP contribution in [0.4, 0.5) is 0 Å². The van der Waals surface area contributed by atoms with Gasteiger partial charge in [-0.05, 0) is 51.9 Å². The SMILES string of the molecule is CC(C)N(C)S(=O)(=O)NC[C@H](c1ccco1)N1CCCCC1. The molecule has 0 unspecified atom stereocenters. The number of rotatable bonds is 7. The standard InChI is InChI=1S/C15H27N3O3S/c1-13(2)17(3)22(19,20)16-12-14(15-8-7-11-21-15)18-9-5-4-6-10-18/h7-8,11,13-14,16H,4-6,9-10,12H2,1-3H3/t14-/m1/s1. The number of hydrogen-bond acceptors (Lipinski definition) is 4. The predicted molar refractivity (Wildman–Crippen MR) is 86.7 cm³/mol. The lowest BCUT2D eigenvalue weighted by molar-refractivity contribution is 0.146. The average Bonchev–Trinajstić information content (AvgIpc) is 3.01. The van der Waals surface area contributed by atoms with Crippen molar-refractivity contribution in [3.8, 4) is 0 Å². The second kappa shape index (κ2) is 7.59. The molecule has 7 heteroatoms. The van der Waals surface area contributed by atoms with E-state index in [0.717, 1.165) is 31.7 Å². The van der Waals surface area contributed by atoms with E-state index in [1.54, 1.807) is 13.3 Å². The average molecular weight is 329 g/mol. The fraction of sp³-hybridized carbons (Fsp3) is 0.733. The highest BCUT2D eigenvalue weighted by Gasteiger charge is 2.27. The van der Waals surface area contributed by atoms with Crippen LogP contribution >= 0.6 is 0 Å². The van der Waals surface area contributed by atoms with Gasteiger partial charge in [0.05, 0.1) is 12.3 Å². The third kappa shape index (κ3) is 4.32. The largest absolute Gasteiger partial charge is 0.468 e. The molecule has 2 heterocycles. The summed E-state index contributed by atoms with van der Waals surface area (Å²) in [5.74, 6) is 0.816. The molecule has 1 atom stereocenters. The Balaban J connectivity index is 2.07. The number of furan rings is 1. The summed E-state index contributed by atoms with van der Waals surface area (Å²) in [6.07, 6.45) is 5.18. The molecular formula is C15H27N3O3S. The first kappa shape index (κ1) is 17.5. The van der Waals surface area contributed by atoms with Crippen LogP contribution in [0.15, 0.2) is 22.8 Å². The second-order valence-corrected chi connectivity index (χ2v) is 7.91. The summed E-state index contributed by atoms with van der Waals surface area (Å²) in [5.41, 5.74) is 0. The smallest absolute Gasteiger partial charge is 0.279 e. The van der Waals surface area contributed by atoms with Gasteiger partial charge in [0.1, 0.15) is 5.76 Å². The number of hydrogen-bond donors (Lipinski definition) is 1. The van der Waals surface area contributed by atoms with E-state index >= 15 is 0 Å². The quantitative estimate of drug-likeness (QED) is 0.831. The van der Waals surface area contributed by atoms with Gasteiger partial charge in [0.25, 0.3) is 10.2 Å². The van der Waals surface area contributed by atoms with E-state index in [0.29, 0.717) is 6.54 Å². The predicted octanol–water partition coefficient (Wildman–Crippen LogP) is 1.98. The van der Waals surface area contributed by atoms with E-state index in [1.807, 2.05) is 26.0 Å². The molecule has 1 N–H and O–H groups in total. The maximum Gasteiger partial charge on any atom is 0.279 e. The fourth-order valence-electron chi connectivity index (χ4n) is 2.68. The zero-order chi connectivity index (χ0) is 16.2. The van der Waals surface area contributed by atoms with Crippen molar-refractivity contribution in [2.24, 2.45) is 0 Å². The lowest BCUT2D eigenvalue weighted by Gasteiger charge is -2.34. The first-order chi connectivity index (χ1) is 10.4. The van der Waals surface area contributed by atoms with Gasteiger partial charge < -0.3 is 4.42 Å². The summed E-state index contributed by atoms with van der Waals surface area (Å²) in [4.78, 5) is 2.31. The third-order valence-corrected chi connectivity index (χ3v) is 5.98. The van der Waals surface area contributed by atoms with Gasteiger partial charge in [-0.2, -0.15) is 12.7 Å². The van der Waals surface area contributed by atoms with Crippen LogP contribution in [-0.2, 0) is 10.2 Å². The summed E-state index contributed by atoms with van der Waals surface area (Å²) in [7, 11) is -1.88. The van der Waals surface area contributed by atoms with Crippen molar-refractivity contribution in [3.63, 3.8) is 0 Å². The Labute approximate surface area is 133 Å². The molecule has 1 saturated heterocycles. The van der Waals surface area contributed by atoms with E-state index < -0.39 is 10.2 Å². The Bertz CT molecular complexity index is 536.